The molecule has 0 bridgehead atoms. The second-order valence-corrected chi connectivity index (χ2v) is 18.8. The predicted octanol–water partition coefficient (Wildman–Crippen LogP) is 4.04. The Morgan fingerprint density at radius 3 is 1.04 bits per heavy atom. The molecule has 0 saturated carbocycles. The molecule has 0 aliphatic heterocycles. The average Bonchev–Trinajstić information content (AvgIpc) is 2.40. The van der Waals surface area contributed by atoms with Gasteiger partial charge in [0.25, 0.3) is 0 Å². The molecule has 0 spiro atoms. The quantitative estimate of drug-likeness (QED) is 0.401. The summed E-state index contributed by atoms with van der Waals surface area (Å²) in [6.07, 6.45) is 2.37. The molecule has 0 aliphatic carbocycles. The fraction of sp³-hybridized carbons (Fsp3) is 1.00. The summed E-state index contributed by atoms with van der Waals surface area (Å²) in [5, 5.41) is 0. The third kappa shape index (κ3) is 6.50. The SMILES string of the molecule is CCC[NH][Hf]([NH]CCC)([N](C(C)C)C(C)C)[N](C(C)C)C(C)C. The molecule has 23 heavy (non-hydrogen) atoms. The fourth-order valence-corrected chi connectivity index (χ4v) is 22.9. The van der Waals surface area contributed by atoms with Gasteiger partial charge in [0, 0.05) is 0 Å². The Balaban J connectivity index is 6.09. The van der Waals surface area contributed by atoms with E-state index < -0.39 is 21.1 Å². The van der Waals surface area contributed by atoms with Crippen LogP contribution in [0.5, 0.6) is 0 Å². The molecule has 0 rings (SSSR count). The maximum absolute atomic E-state index is 4.11. The van der Waals surface area contributed by atoms with E-state index in [-0.39, 0.29) is 0 Å². The normalized spacial score (nSPS) is 13.6. The van der Waals surface area contributed by atoms with Crippen LogP contribution < -0.4 is 6.61 Å². The molecule has 0 fully saturated rings. The van der Waals surface area contributed by atoms with Gasteiger partial charge in [0.05, 0.1) is 0 Å². The van der Waals surface area contributed by atoms with Crippen molar-refractivity contribution < 1.29 is 21.1 Å². The van der Waals surface area contributed by atoms with E-state index in [1.807, 2.05) is 0 Å². The Morgan fingerprint density at radius 1 is 0.609 bits per heavy atom. The van der Waals surface area contributed by atoms with E-state index in [0.717, 1.165) is 13.1 Å². The van der Waals surface area contributed by atoms with Crippen molar-refractivity contribution in [1.29, 1.82) is 0 Å². The van der Waals surface area contributed by atoms with Crippen molar-refractivity contribution in [3.05, 3.63) is 0 Å². The maximum atomic E-state index is 4.11. The topological polar surface area (TPSA) is 30.5 Å². The Kier molecular flexibility index (Phi) is 11.7. The Labute approximate surface area is 152 Å². The Bertz CT molecular complexity index is 259. The first kappa shape index (κ1) is 23.7. The Hall–Kier alpha value is 0.710. The van der Waals surface area contributed by atoms with Gasteiger partial charge in [-0.3, -0.25) is 0 Å². The van der Waals surface area contributed by atoms with Crippen LogP contribution in [-0.2, 0) is 21.1 Å². The summed E-state index contributed by atoms with van der Waals surface area (Å²) >= 11 is -3.31. The van der Waals surface area contributed by atoms with Gasteiger partial charge in [0.1, 0.15) is 0 Å². The van der Waals surface area contributed by atoms with Crippen LogP contribution >= 0.6 is 0 Å². The van der Waals surface area contributed by atoms with Gasteiger partial charge < -0.3 is 0 Å². The molecule has 0 aromatic rings. The number of nitrogens with one attached hydrogen (secondary N) is 2. The third-order valence-corrected chi connectivity index (χ3v) is 22.3. The Morgan fingerprint density at radius 2 is 0.870 bits per heavy atom. The minimum atomic E-state index is -3.31. The van der Waals surface area contributed by atoms with E-state index in [4.69, 9.17) is 0 Å². The standard InChI is InChI=1S/2C6H14N.2C3H8N.Hf/c2*1-5(2)7-6(3)4;2*1-2-3-4;/h2*5-6H,1-4H3;2*4H,2-3H2,1H3;/q4*-1;+4. The molecule has 0 saturated heterocycles. The molecule has 0 atom stereocenters. The second-order valence-electron chi connectivity index (χ2n) is 7.72. The summed E-state index contributed by atoms with van der Waals surface area (Å²) in [4.78, 5) is 0. The molecule has 0 unspecified atom stereocenters. The van der Waals surface area contributed by atoms with Crippen LogP contribution in [-0.4, -0.2) is 43.0 Å². The zero-order valence-corrected chi connectivity index (χ0v) is 21.1. The van der Waals surface area contributed by atoms with Crippen LogP contribution in [0.3, 0.4) is 0 Å². The van der Waals surface area contributed by atoms with E-state index in [1.165, 1.54) is 12.8 Å². The van der Waals surface area contributed by atoms with Gasteiger partial charge in [-0.2, -0.15) is 0 Å². The minimum absolute atomic E-state index is 0.547. The van der Waals surface area contributed by atoms with Crippen molar-refractivity contribution in [3.63, 3.8) is 0 Å². The molecular formula is C18H44HfN4. The van der Waals surface area contributed by atoms with Gasteiger partial charge in [0.15, 0.2) is 0 Å². The molecule has 5 heteroatoms. The molecule has 0 radical (unpaired) electrons. The molecule has 0 amide bonds. The zero-order chi connectivity index (χ0) is 18.2. The number of hydrogen-bond donors (Lipinski definition) is 2. The molecule has 0 aliphatic rings. The molecular weight excluding hydrogens is 451 g/mol. The van der Waals surface area contributed by atoms with E-state index >= 15 is 0 Å². The second kappa shape index (κ2) is 11.3. The van der Waals surface area contributed by atoms with E-state index in [1.54, 1.807) is 0 Å². The zero-order valence-electron chi connectivity index (χ0n) is 17.5. The summed E-state index contributed by atoms with van der Waals surface area (Å²) in [6.45, 7) is 25.6. The number of nitrogens with zero attached hydrogens (tertiary/aromatic N) is 2. The van der Waals surface area contributed by atoms with Gasteiger partial charge >= 0.3 is 153 Å². The molecule has 140 valence electrons. The van der Waals surface area contributed by atoms with Crippen LogP contribution in [0.15, 0.2) is 0 Å². The summed E-state index contributed by atoms with van der Waals surface area (Å²) in [7, 11) is 0. The van der Waals surface area contributed by atoms with Gasteiger partial charge in [-0.25, -0.2) is 0 Å². The van der Waals surface area contributed by atoms with Gasteiger partial charge in [0.2, 0.25) is 0 Å². The average molecular weight is 495 g/mol. The summed E-state index contributed by atoms with van der Waals surface area (Å²) in [6, 6.07) is 2.19. The first-order valence-corrected chi connectivity index (χ1v) is 16.5. The van der Waals surface area contributed by atoms with Gasteiger partial charge in [-0.1, -0.05) is 0 Å². The van der Waals surface area contributed by atoms with Crippen LogP contribution in [0, 0.1) is 0 Å². The van der Waals surface area contributed by atoms with Crippen molar-refractivity contribution >= 4 is 0 Å². The van der Waals surface area contributed by atoms with Crippen LogP contribution in [0.25, 0.3) is 0 Å². The van der Waals surface area contributed by atoms with Gasteiger partial charge in [-0.15, -0.1) is 0 Å². The van der Waals surface area contributed by atoms with Crippen molar-refractivity contribution in [2.24, 2.45) is 0 Å². The first-order valence-electron chi connectivity index (χ1n) is 9.72. The summed E-state index contributed by atoms with van der Waals surface area (Å²) < 4.78 is 13.8. The molecule has 0 heterocycles. The number of hydrogen-bond acceptors (Lipinski definition) is 4. The van der Waals surface area contributed by atoms with E-state index in [0.29, 0.717) is 24.2 Å². The molecule has 0 aromatic heterocycles. The predicted molar refractivity (Wildman–Crippen MR) is 101 cm³/mol. The number of rotatable bonds is 12. The third-order valence-electron chi connectivity index (χ3n) is 4.22. The van der Waals surface area contributed by atoms with Crippen molar-refractivity contribution in [2.45, 2.75) is 106 Å². The monoisotopic (exact) mass is 496 g/mol. The van der Waals surface area contributed by atoms with Crippen molar-refractivity contribution in [1.82, 2.24) is 12.4 Å². The van der Waals surface area contributed by atoms with Crippen LogP contribution in [0.2, 0.25) is 0 Å². The van der Waals surface area contributed by atoms with Crippen molar-refractivity contribution in [3.8, 4) is 0 Å². The molecule has 2 N–H and O–H groups in total. The fourth-order valence-electron chi connectivity index (χ4n) is 3.85. The van der Waals surface area contributed by atoms with Gasteiger partial charge in [-0.05, 0) is 0 Å². The van der Waals surface area contributed by atoms with E-state index in [2.05, 4.69) is 81.6 Å². The van der Waals surface area contributed by atoms with Crippen LogP contribution in [0.1, 0.15) is 82.1 Å². The summed E-state index contributed by atoms with van der Waals surface area (Å²) in [5.74, 6) is 0. The molecule has 0 aromatic carbocycles. The van der Waals surface area contributed by atoms with Crippen molar-refractivity contribution in [2.75, 3.05) is 13.1 Å². The first-order chi connectivity index (χ1) is 10.7. The van der Waals surface area contributed by atoms with E-state index in [9.17, 15) is 0 Å². The summed E-state index contributed by atoms with van der Waals surface area (Å²) in [5.41, 5.74) is 0. The van der Waals surface area contributed by atoms with Crippen LogP contribution in [0.4, 0.5) is 0 Å². The molecule has 4 nitrogen and oxygen atoms in total.